The quantitative estimate of drug-likeness (QED) is 0.348. The lowest BCUT2D eigenvalue weighted by molar-refractivity contribution is -0.148. The summed E-state index contributed by atoms with van der Waals surface area (Å²) in [5.74, 6) is -0.620. The third-order valence-corrected chi connectivity index (χ3v) is 9.36. The molecule has 2 aliphatic rings. The lowest BCUT2D eigenvalue weighted by Crippen LogP contribution is -2.38. The van der Waals surface area contributed by atoms with Gasteiger partial charge in [0.2, 0.25) is 15.9 Å². The van der Waals surface area contributed by atoms with E-state index in [0.29, 0.717) is 50.3 Å². The van der Waals surface area contributed by atoms with Crippen molar-refractivity contribution in [3.63, 3.8) is 0 Å². The van der Waals surface area contributed by atoms with Crippen molar-refractivity contribution in [1.82, 2.24) is 4.72 Å². The number of hydrogen-bond acceptors (Lipinski definition) is 6. The summed E-state index contributed by atoms with van der Waals surface area (Å²) in [5, 5.41) is 2.88. The van der Waals surface area contributed by atoms with E-state index in [1.54, 1.807) is 25.1 Å². The first-order chi connectivity index (χ1) is 19.8. The molecule has 0 saturated carbocycles. The van der Waals surface area contributed by atoms with Crippen LogP contribution in [0, 0.1) is 5.92 Å². The van der Waals surface area contributed by atoms with Crippen LogP contribution in [0.4, 0.5) is 11.4 Å². The zero-order valence-electron chi connectivity index (χ0n) is 23.3. The number of anilines is 2. The van der Waals surface area contributed by atoms with Gasteiger partial charge >= 0.3 is 5.97 Å². The van der Waals surface area contributed by atoms with Crippen LogP contribution >= 0.6 is 0 Å². The first-order valence-electron chi connectivity index (χ1n) is 14.3. The maximum Gasteiger partial charge on any atom is 0.309 e. The molecule has 3 aromatic rings. The van der Waals surface area contributed by atoms with Gasteiger partial charge in [-0.1, -0.05) is 54.6 Å². The van der Waals surface area contributed by atoms with Crippen LogP contribution in [0.5, 0.6) is 0 Å². The zero-order valence-corrected chi connectivity index (χ0v) is 24.2. The highest BCUT2D eigenvalue weighted by molar-refractivity contribution is 7.89. The predicted molar refractivity (Wildman–Crippen MR) is 159 cm³/mol. The molecule has 0 bridgehead atoms. The van der Waals surface area contributed by atoms with E-state index in [2.05, 4.69) is 16.1 Å². The summed E-state index contributed by atoms with van der Waals surface area (Å²) in [7, 11) is -3.97. The Morgan fingerprint density at radius 1 is 0.951 bits per heavy atom. The summed E-state index contributed by atoms with van der Waals surface area (Å²) < 4.78 is 36.2. The number of ether oxygens (including phenoxy) is 1. The number of fused-ring (bicyclic) bond motifs is 1. The number of nitrogens with zero attached hydrogens (tertiary/aromatic N) is 1. The number of hydrogen-bond donors (Lipinski definition) is 2. The number of benzene rings is 3. The van der Waals surface area contributed by atoms with Crippen LogP contribution in [0.15, 0.2) is 77.7 Å². The molecule has 1 aliphatic heterocycles. The molecule has 1 aliphatic carbocycles. The van der Waals surface area contributed by atoms with Crippen molar-refractivity contribution < 1.29 is 22.7 Å². The normalized spacial score (nSPS) is 17.5. The van der Waals surface area contributed by atoms with Crippen molar-refractivity contribution in [3.8, 4) is 0 Å². The van der Waals surface area contributed by atoms with Crippen molar-refractivity contribution >= 4 is 33.3 Å². The van der Waals surface area contributed by atoms with E-state index < -0.39 is 10.0 Å². The van der Waals surface area contributed by atoms with Gasteiger partial charge < -0.3 is 15.0 Å². The van der Waals surface area contributed by atoms with E-state index in [-0.39, 0.29) is 35.2 Å². The lowest BCUT2D eigenvalue weighted by Gasteiger charge is -2.34. The van der Waals surface area contributed by atoms with Crippen molar-refractivity contribution in [3.05, 3.63) is 89.5 Å². The van der Waals surface area contributed by atoms with E-state index >= 15 is 0 Å². The number of rotatable bonds is 9. The average molecular weight is 576 g/mol. The summed E-state index contributed by atoms with van der Waals surface area (Å²) in [6.07, 6.45) is 3.88. The largest absolute Gasteiger partial charge is 0.466 e. The molecule has 5 rings (SSSR count). The van der Waals surface area contributed by atoms with Gasteiger partial charge in [-0.2, -0.15) is 0 Å². The van der Waals surface area contributed by atoms with Gasteiger partial charge in [-0.15, -0.1) is 0 Å². The molecule has 2 N–H and O–H groups in total. The van der Waals surface area contributed by atoms with Gasteiger partial charge in [0.25, 0.3) is 0 Å². The topological polar surface area (TPSA) is 105 Å². The van der Waals surface area contributed by atoms with Crippen LogP contribution in [-0.4, -0.2) is 40.0 Å². The van der Waals surface area contributed by atoms with Crippen LogP contribution in [0.25, 0.3) is 0 Å². The van der Waals surface area contributed by atoms with Gasteiger partial charge in [0.15, 0.2) is 0 Å². The fourth-order valence-electron chi connectivity index (χ4n) is 5.80. The molecule has 1 saturated heterocycles. The summed E-state index contributed by atoms with van der Waals surface area (Å²) in [6.45, 7) is 3.19. The maximum atomic E-state index is 14.0. The molecular formula is C32H37N3O5S. The van der Waals surface area contributed by atoms with Crippen molar-refractivity contribution in [2.75, 3.05) is 29.9 Å². The molecule has 1 amide bonds. The van der Waals surface area contributed by atoms with E-state index in [1.165, 1.54) is 0 Å². The van der Waals surface area contributed by atoms with Gasteiger partial charge in [-0.3, -0.25) is 9.59 Å². The second kappa shape index (κ2) is 12.9. The Hall–Kier alpha value is -3.69. The zero-order chi connectivity index (χ0) is 28.8. The van der Waals surface area contributed by atoms with Crippen LogP contribution in [0.3, 0.4) is 0 Å². The number of amides is 1. The fourth-order valence-corrected chi connectivity index (χ4v) is 7.30. The Balaban J connectivity index is 1.41. The minimum atomic E-state index is -3.97. The fraction of sp³-hybridized carbons (Fsp3) is 0.375. The van der Waals surface area contributed by atoms with Gasteiger partial charge in [-0.05, 0) is 73.9 Å². The Morgan fingerprint density at radius 3 is 2.44 bits per heavy atom. The second-order valence-electron chi connectivity index (χ2n) is 10.7. The van der Waals surface area contributed by atoms with Gasteiger partial charge in [-0.25, -0.2) is 13.1 Å². The number of carbonyl (C=O) groups excluding carboxylic acids is 2. The molecular weight excluding hydrogens is 538 g/mol. The highest BCUT2D eigenvalue weighted by atomic mass is 32.2. The number of sulfonamides is 1. The molecule has 1 unspecified atom stereocenters. The highest BCUT2D eigenvalue weighted by Gasteiger charge is 2.32. The van der Waals surface area contributed by atoms with Crippen LogP contribution in [0.2, 0.25) is 0 Å². The summed E-state index contributed by atoms with van der Waals surface area (Å²) in [5.41, 5.74) is 4.02. The first-order valence-corrected chi connectivity index (χ1v) is 15.8. The number of esters is 1. The number of piperidine rings is 1. The molecule has 216 valence electrons. The monoisotopic (exact) mass is 575 g/mol. The molecule has 0 radical (unpaired) electrons. The van der Waals surface area contributed by atoms with E-state index in [9.17, 15) is 18.0 Å². The maximum absolute atomic E-state index is 14.0. The third-order valence-electron chi connectivity index (χ3n) is 7.86. The first kappa shape index (κ1) is 28.8. The van der Waals surface area contributed by atoms with Crippen molar-refractivity contribution in [2.24, 2.45) is 5.92 Å². The molecule has 1 fully saturated rings. The molecule has 1 heterocycles. The SMILES string of the molecule is CCOC(=O)C1CCN(c2ccc(NC(=O)Cc3ccccc3)cc2S(=O)(=O)NC2CCCc3ccccc32)CC1. The predicted octanol–water partition coefficient (Wildman–Crippen LogP) is 5.00. The minimum absolute atomic E-state index is 0.118. The van der Waals surface area contributed by atoms with Crippen molar-refractivity contribution in [1.29, 1.82) is 0 Å². The third kappa shape index (κ3) is 6.97. The number of nitrogens with one attached hydrogen (secondary N) is 2. The highest BCUT2D eigenvalue weighted by Crippen LogP contribution is 2.35. The minimum Gasteiger partial charge on any atom is -0.466 e. The van der Waals surface area contributed by atoms with Crippen LogP contribution < -0.4 is 14.9 Å². The van der Waals surface area contributed by atoms with E-state index in [1.807, 2.05) is 53.4 Å². The number of aryl methyl sites for hydroxylation is 1. The molecule has 3 aromatic carbocycles. The Morgan fingerprint density at radius 2 is 1.68 bits per heavy atom. The van der Waals surface area contributed by atoms with E-state index in [4.69, 9.17) is 4.74 Å². The van der Waals surface area contributed by atoms with Crippen LogP contribution in [0.1, 0.15) is 55.3 Å². The molecule has 8 nitrogen and oxygen atoms in total. The molecule has 0 aromatic heterocycles. The second-order valence-corrected chi connectivity index (χ2v) is 12.4. The standard InChI is InChI=1S/C32H37N3O5S/c1-2-40-32(37)25-17-19-35(20-18-25)29-16-15-26(33-31(36)21-23-9-4-3-5-10-23)22-30(29)41(38,39)34-28-14-8-12-24-11-6-7-13-27(24)28/h3-7,9-11,13,15-16,22,25,28,34H,2,8,12,14,17-21H2,1H3,(H,33,36). The van der Waals surface area contributed by atoms with Crippen molar-refractivity contribution in [2.45, 2.75) is 56.4 Å². The molecule has 41 heavy (non-hydrogen) atoms. The lowest BCUT2D eigenvalue weighted by atomic mass is 9.88. The molecule has 0 spiro atoms. The number of carbonyl (C=O) groups is 2. The van der Waals surface area contributed by atoms with E-state index in [0.717, 1.165) is 29.5 Å². The van der Waals surface area contributed by atoms with Gasteiger partial charge in [0, 0.05) is 24.8 Å². The smallest absolute Gasteiger partial charge is 0.309 e. The average Bonchev–Trinajstić information content (AvgIpc) is 2.98. The van der Waals surface area contributed by atoms with Gasteiger partial charge in [0.05, 0.1) is 24.6 Å². The summed E-state index contributed by atoms with van der Waals surface area (Å²) in [4.78, 5) is 27.2. The Labute approximate surface area is 242 Å². The Bertz CT molecular complexity index is 1480. The Kier molecular flexibility index (Phi) is 9.05. The molecule has 9 heteroatoms. The molecule has 1 atom stereocenters. The van der Waals surface area contributed by atoms with Gasteiger partial charge in [0.1, 0.15) is 4.90 Å². The van der Waals surface area contributed by atoms with Crippen LogP contribution in [-0.2, 0) is 37.2 Å². The summed E-state index contributed by atoms with van der Waals surface area (Å²) >= 11 is 0. The summed E-state index contributed by atoms with van der Waals surface area (Å²) in [6, 6.07) is 22.1.